The summed E-state index contributed by atoms with van der Waals surface area (Å²) in [5.41, 5.74) is 6.89. The summed E-state index contributed by atoms with van der Waals surface area (Å²) in [5, 5.41) is 0. The van der Waals surface area contributed by atoms with Crippen LogP contribution in [-0.4, -0.2) is 9.55 Å². The van der Waals surface area contributed by atoms with Gasteiger partial charge in [0.15, 0.2) is 0 Å². The fourth-order valence-electron chi connectivity index (χ4n) is 2.51. The van der Waals surface area contributed by atoms with Gasteiger partial charge < -0.3 is 5.73 Å². The average Bonchev–Trinajstić information content (AvgIpc) is 2.47. The van der Waals surface area contributed by atoms with Gasteiger partial charge in [0.05, 0.1) is 11.7 Å². The second kappa shape index (κ2) is 5.28. The molecule has 1 aromatic carbocycles. The Bertz CT molecular complexity index is 843. The lowest BCUT2D eigenvalue weighted by atomic mass is 10.1. The van der Waals surface area contributed by atoms with Crippen molar-refractivity contribution in [3.8, 4) is 11.3 Å². The third-order valence-corrected chi connectivity index (χ3v) is 3.45. The number of nitrogen functional groups attached to an aromatic ring is 1. The summed E-state index contributed by atoms with van der Waals surface area (Å²) >= 11 is 0. The molecule has 1 atom stereocenters. The van der Waals surface area contributed by atoms with Crippen molar-refractivity contribution >= 4 is 5.69 Å². The fraction of sp³-hybridized carbons (Fsp3) is 0.125. The molecule has 0 bridgehead atoms. The number of H-pyrrole nitrogens is 1. The van der Waals surface area contributed by atoms with E-state index in [4.69, 9.17) is 5.73 Å². The number of hydrogen-bond donors (Lipinski definition) is 2. The van der Waals surface area contributed by atoms with Gasteiger partial charge in [-0.3, -0.25) is 14.3 Å². The van der Waals surface area contributed by atoms with E-state index in [0.29, 0.717) is 17.8 Å². The van der Waals surface area contributed by atoms with Crippen molar-refractivity contribution in [2.75, 3.05) is 5.73 Å². The highest BCUT2D eigenvalue weighted by Crippen LogP contribution is 2.25. The lowest BCUT2D eigenvalue weighted by molar-refractivity contribution is 0.575. The minimum atomic E-state index is -0.413. The number of aromatic nitrogens is 2. The molecule has 0 radical (unpaired) electrons. The molecule has 0 fully saturated rings. The van der Waals surface area contributed by atoms with Gasteiger partial charge in [-0.05, 0) is 18.6 Å². The topological polar surface area (TPSA) is 80.9 Å². The van der Waals surface area contributed by atoms with Crippen LogP contribution < -0.4 is 17.0 Å². The predicted molar refractivity (Wildman–Crippen MR) is 83.1 cm³/mol. The molecule has 1 aliphatic rings. The number of anilines is 1. The van der Waals surface area contributed by atoms with Crippen molar-refractivity contribution in [3.63, 3.8) is 0 Å². The molecule has 0 saturated carbocycles. The number of hydrogen-bond acceptors (Lipinski definition) is 3. The largest absolute Gasteiger partial charge is 0.399 e. The molecule has 0 saturated heterocycles. The summed E-state index contributed by atoms with van der Waals surface area (Å²) in [4.78, 5) is 26.2. The maximum atomic E-state index is 12.2. The number of allylic oxidation sites excluding steroid dienone is 4. The standard InChI is InChI=1S/C16H15N3O2/c17-12-6-4-5-11(9-12)14-10-15(20)18-16(21)19(14)13-7-2-1-3-8-13/h1-7,9-10,13H,8,17H2,(H,18,20,21). The summed E-state index contributed by atoms with van der Waals surface area (Å²) in [6, 6.07) is 8.48. The molecule has 1 aliphatic carbocycles. The Balaban J connectivity index is 2.24. The van der Waals surface area contributed by atoms with Gasteiger partial charge in [0, 0.05) is 17.3 Å². The molecular formula is C16H15N3O2. The van der Waals surface area contributed by atoms with Crippen LogP contribution in [0.15, 0.2) is 64.2 Å². The van der Waals surface area contributed by atoms with Gasteiger partial charge in [-0.25, -0.2) is 4.79 Å². The Morgan fingerprint density at radius 1 is 1.19 bits per heavy atom. The van der Waals surface area contributed by atoms with E-state index in [1.165, 1.54) is 6.07 Å². The van der Waals surface area contributed by atoms with Crippen LogP contribution in [0.3, 0.4) is 0 Å². The molecule has 3 rings (SSSR count). The van der Waals surface area contributed by atoms with Crippen LogP contribution in [0.1, 0.15) is 12.5 Å². The maximum Gasteiger partial charge on any atom is 0.329 e. The van der Waals surface area contributed by atoms with E-state index in [1.807, 2.05) is 30.4 Å². The fourth-order valence-corrected chi connectivity index (χ4v) is 2.51. The zero-order valence-electron chi connectivity index (χ0n) is 11.3. The highest BCUT2D eigenvalue weighted by atomic mass is 16.2. The van der Waals surface area contributed by atoms with E-state index < -0.39 is 11.2 Å². The van der Waals surface area contributed by atoms with Gasteiger partial charge in [-0.15, -0.1) is 0 Å². The van der Waals surface area contributed by atoms with E-state index in [9.17, 15) is 9.59 Å². The molecule has 106 valence electrons. The zero-order chi connectivity index (χ0) is 14.8. The van der Waals surface area contributed by atoms with Gasteiger partial charge >= 0.3 is 5.69 Å². The number of nitrogens with one attached hydrogen (secondary N) is 1. The monoisotopic (exact) mass is 281 g/mol. The van der Waals surface area contributed by atoms with Crippen molar-refractivity contribution in [2.45, 2.75) is 12.5 Å². The molecule has 5 nitrogen and oxygen atoms in total. The van der Waals surface area contributed by atoms with E-state index in [2.05, 4.69) is 4.98 Å². The summed E-state index contributed by atoms with van der Waals surface area (Å²) < 4.78 is 1.59. The maximum absolute atomic E-state index is 12.2. The Morgan fingerprint density at radius 2 is 2.05 bits per heavy atom. The molecule has 0 spiro atoms. The lowest BCUT2D eigenvalue weighted by Crippen LogP contribution is -2.33. The molecular weight excluding hydrogens is 266 g/mol. The molecule has 2 aromatic rings. The van der Waals surface area contributed by atoms with Crippen molar-refractivity contribution in [3.05, 3.63) is 75.5 Å². The smallest absolute Gasteiger partial charge is 0.329 e. The second-order valence-electron chi connectivity index (χ2n) is 4.94. The quantitative estimate of drug-likeness (QED) is 0.824. The second-order valence-corrected chi connectivity index (χ2v) is 4.94. The third kappa shape index (κ3) is 2.58. The predicted octanol–water partition coefficient (Wildman–Crippen LogP) is 1.84. The summed E-state index contributed by atoms with van der Waals surface area (Å²) in [6.07, 6.45) is 8.47. The number of aromatic amines is 1. The number of benzene rings is 1. The summed E-state index contributed by atoms with van der Waals surface area (Å²) in [6.45, 7) is 0. The van der Waals surface area contributed by atoms with E-state index in [1.54, 1.807) is 22.8 Å². The minimum absolute atomic E-state index is 0.115. The number of rotatable bonds is 2. The normalized spacial score (nSPS) is 17.0. The van der Waals surface area contributed by atoms with Crippen molar-refractivity contribution in [2.24, 2.45) is 0 Å². The van der Waals surface area contributed by atoms with Crippen LogP contribution in [0.5, 0.6) is 0 Å². The van der Waals surface area contributed by atoms with Crippen LogP contribution >= 0.6 is 0 Å². The average molecular weight is 281 g/mol. The Labute approximate surface area is 121 Å². The number of nitrogens with two attached hydrogens (primary N) is 1. The highest BCUT2D eigenvalue weighted by Gasteiger charge is 2.16. The molecule has 0 aliphatic heterocycles. The molecule has 1 unspecified atom stereocenters. The lowest BCUT2D eigenvalue weighted by Gasteiger charge is -2.20. The number of nitrogens with zero attached hydrogens (tertiary/aromatic N) is 1. The van der Waals surface area contributed by atoms with Crippen molar-refractivity contribution in [1.82, 2.24) is 9.55 Å². The molecule has 1 aromatic heterocycles. The molecule has 0 amide bonds. The first-order chi connectivity index (χ1) is 10.1. The van der Waals surface area contributed by atoms with E-state index >= 15 is 0 Å². The molecule has 21 heavy (non-hydrogen) atoms. The Hall–Kier alpha value is -2.82. The van der Waals surface area contributed by atoms with Crippen LogP contribution in [0, 0.1) is 0 Å². The van der Waals surface area contributed by atoms with Gasteiger partial charge in [0.1, 0.15) is 0 Å². The third-order valence-electron chi connectivity index (χ3n) is 3.45. The molecule has 5 heteroatoms. The van der Waals surface area contributed by atoms with Crippen molar-refractivity contribution < 1.29 is 0 Å². The van der Waals surface area contributed by atoms with Gasteiger partial charge in [-0.1, -0.05) is 36.4 Å². The van der Waals surface area contributed by atoms with Crippen molar-refractivity contribution in [1.29, 1.82) is 0 Å². The van der Waals surface area contributed by atoms with Gasteiger partial charge in [0.2, 0.25) is 0 Å². The summed E-state index contributed by atoms with van der Waals surface area (Å²) in [5.74, 6) is 0. The first kappa shape index (κ1) is 13.2. The van der Waals surface area contributed by atoms with Crippen LogP contribution in [0.2, 0.25) is 0 Å². The first-order valence-electron chi connectivity index (χ1n) is 6.70. The van der Waals surface area contributed by atoms with Gasteiger partial charge in [0.25, 0.3) is 5.56 Å². The van der Waals surface area contributed by atoms with Crippen LogP contribution in [-0.2, 0) is 0 Å². The molecule has 3 N–H and O–H groups in total. The van der Waals surface area contributed by atoms with Crippen LogP contribution in [0.4, 0.5) is 5.69 Å². The van der Waals surface area contributed by atoms with Gasteiger partial charge in [-0.2, -0.15) is 0 Å². The Morgan fingerprint density at radius 3 is 2.76 bits per heavy atom. The minimum Gasteiger partial charge on any atom is -0.399 e. The SMILES string of the molecule is Nc1cccc(-c2cc(=O)[nH]c(=O)n2C2C=CC=CC2)c1. The zero-order valence-corrected chi connectivity index (χ0v) is 11.3. The molecule has 1 heterocycles. The summed E-state index contributed by atoms with van der Waals surface area (Å²) in [7, 11) is 0. The van der Waals surface area contributed by atoms with Crippen LogP contribution in [0.25, 0.3) is 11.3 Å². The first-order valence-corrected chi connectivity index (χ1v) is 6.70. The highest BCUT2D eigenvalue weighted by molar-refractivity contribution is 5.64. The van der Waals surface area contributed by atoms with E-state index in [-0.39, 0.29) is 6.04 Å². The van der Waals surface area contributed by atoms with E-state index in [0.717, 1.165) is 5.56 Å². The Kier molecular flexibility index (Phi) is 3.31.